The molecule has 5 rings (SSSR count). The van der Waals surface area contributed by atoms with Crippen molar-refractivity contribution in [2.45, 2.75) is 46.5 Å². The standard InChI is InChI=1S/C29H32N4O3/c1-5-35-26-16-20(4)24(17-23(26)19(2)3)28-31-25-11-7-6-10-22(25)29(34)33(28)30-18-21-12-13-27(36-21)32-14-8-9-15-32/h6-7,10-13,16-19H,5,8-9,14-15H2,1-4H3. The monoisotopic (exact) mass is 484 g/mol. The minimum Gasteiger partial charge on any atom is -0.494 e. The molecule has 0 N–H and O–H groups in total. The fourth-order valence-electron chi connectivity index (χ4n) is 4.71. The highest BCUT2D eigenvalue weighted by atomic mass is 16.5. The zero-order chi connectivity index (χ0) is 25.2. The third-order valence-corrected chi connectivity index (χ3v) is 6.60. The zero-order valence-corrected chi connectivity index (χ0v) is 21.3. The molecule has 0 radical (unpaired) electrons. The first kappa shape index (κ1) is 23.9. The van der Waals surface area contributed by atoms with Crippen molar-refractivity contribution in [2.24, 2.45) is 5.10 Å². The highest BCUT2D eigenvalue weighted by molar-refractivity contribution is 5.81. The molecule has 0 spiro atoms. The van der Waals surface area contributed by atoms with E-state index in [2.05, 4.69) is 29.9 Å². The van der Waals surface area contributed by atoms with Crippen molar-refractivity contribution < 1.29 is 9.15 Å². The minimum absolute atomic E-state index is 0.224. The van der Waals surface area contributed by atoms with Crippen LogP contribution in [0.25, 0.3) is 22.3 Å². The van der Waals surface area contributed by atoms with Crippen molar-refractivity contribution >= 4 is 23.0 Å². The minimum atomic E-state index is -0.224. The lowest BCUT2D eigenvalue weighted by Gasteiger charge is -2.18. The van der Waals surface area contributed by atoms with Crippen LogP contribution >= 0.6 is 0 Å². The molecule has 7 heteroatoms. The maximum atomic E-state index is 13.6. The second kappa shape index (κ2) is 10.0. The van der Waals surface area contributed by atoms with Crippen LogP contribution in [-0.4, -0.2) is 35.6 Å². The van der Waals surface area contributed by atoms with Crippen molar-refractivity contribution in [2.75, 3.05) is 24.6 Å². The molecule has 0 atom stereocenters. The lowest BCUT2D eigenvalue weighted by Crippen LogP contribution is -2.20. The van der Waals surface area contributed by atoms with Crippen LogP contribution in [0.2, 0.25) is 0 Å². The van der Waals surface area contributed by atoms with Gasteiger partial charge in [-0.05, 0) is 74.1 Å². The number of rotatable bonds is 7. The Balaban J connectivity index is 1.65. The molecule has 0 saturated carbocycles. The third-order valence-electron chi connectivity index (χ3n) is 6.60. The van der Waals surface area contributed by atoms with Gasteiger partial charge >= 0.3 is 0 Å². The molecule has 1 fully saturated rings. The molecular formula is C29H32N4O3. The number of fused-ring (bicyclic) bond motifs is 1. The highest BCUT2D eigenvalue weighted by Gasteiger charge is 2.19. The quantitative estimate of drug-likeness (QED) is 0.302. The van der Waals surface area contributed by atoms with E-state index < -0.39 is 0 Å². The molecule has 1 saturated heterocycles. The number of furan rings is 1. The largest absolute Gasteiger partial charge is 0.494 e. The van der Waals surface area contributed by atoms with Gasteiger partial charge in [-0.3, -0.25) is 4.79 Å². The Morgan fingerprint density at radius 1 is 1.14 bits per heavy atom. The van der Waals surface area contributed by atoms with Crippen molar-refractivity contribution in [1.82, 2.24) is 9.66 Å². The van der Waals surface area contributed by atoms with Crippen LogP contribution < -0.4 is 15.2 Å². The van der Waals surface area contributed by atoms with Gasteiger partial charge in [-0.25, -0.2) is 4.98 Å². The van der Waals surface area contributed by atoms with E-state index in [0.29, 0.717) is 29.1 Å². The Morgan fingerprint density at radius 3 is 2.67 bits per heavy atom. The Morgan fingerprint density at radius 2 is 1.92 bits per heavy atom. The molecule has 1 aliphatic heterocycles. The Bertz CT molecular complexity index is 1480. The number of aromatic nitrogens is 2. The van der Waals surface area contributed by atoms with Crippen LogP contribution in [0.15, 0.2) is 62.8 Å². The molecule has 7 nitrogen and oxygen atoms in total. The van der Waals surface area contributed by atoms with Gasteiger partial charge in [0.15, 0.2) is 11.7 Å². The first-order valence-electron chi connectivity index (χ1n) is 12.6. The molecule has 1 aliphatic rings. The number of ether oxygens (including phenoxy) is 1. The average Bonchev–Trinajstić information content (AvgIpc) is 3.56. The van der Waals surface area contributed by atoms with E-state index in [1.165, 1.54) is 17.5 Å². The number of hydrogen-bond donors (Lipinski definition) is 0. The SMILES string of the molecule is CCOc1cc(C)c(-c2nc3ccccc3c(=O)n2N=Cc2ccc(N3CCCC3)o2)cc1C(C)C. The van der Waals surface area contributed by atoms with E-state index >= 15 is 0 Å². The van der Waals surface area contributed by atoms with Gasteiger partial charge in [0, 0.05) is 24.7 Å². The number of benzene rings is 2. The molecule has 3 heterocycles. The summed E-state index contributed by atoms with van der Waals surface area (Å²) in [7, 11) is 0. The topological polar surface area (TPSA) is 72.9 Å². The molecule has 0 bridgehead atoms. The van der Waals surface area contributed by atoms with E-state index in [0.717, 1.165) is 41.4 Å². The van der Waals surface area contributed by atoms with Gasteiger partial charge < -0.3 is 14.1 Å². The maximum Gasteiger partial charge on any atom is 0.282 e. The van der Waals surface area contributed by atoms with Crippen molar-refractivity contribution in [3.05, 3.63) is 75.8 Å². The highest BCUT2D eigenvalue weighted by Crippen LogP contribution is 2.34. The number of aryl methyl sites for hydroxylation is 1. The molecule has 2 aromatic carbocycles. The van der Waals surface area contributed by atoms with Crippen LogP contribution in [0, 0.1) is 6.92 Å². The summed E-state index contributed by atoms with van der Waals surface area (Å²) in [5.74, 6) is 3.01. The predicted octanol–water partition coefficient (Wildman–Crippen LogP) is 5.97. The molecule has 0 unspecified atom stereocenters. The van der Waals surface area contributed by atoms with Crippen LogP contribution in [0.5, 0.6) is 5.75 Å². The fraction of sp³-hybridized carbons (Fsp3) is 0.345. The first-order chi connectivity index (χ1) is 17.5. The molecule has 0 aliphatic carbocycles. The summed E-state index contributed by atoms with van der Waals surface area (Å²) in [5.41, 5.74) is 3.29. The smallest absolute Gasteiger partial charge is 0.282 e. The number of hydrogen-bond acceptors (Lipinski definition) is 6. The second-order valence-electron chi connectivity index (χ2n) is 9.48. The molecule has 186 valence electrons. The van der Waals surface area contributed by atoms with E-state index in [-0.39, 0.29) is 11.5 Å². The van der Waals surface area contributed by atoms with Crippen LogP contribution in [-0.2, 0) is 0 Å². The molecule has 36 heavy (non-hydrogen) atoms. The predicted molar refractivity (Wildman–Crippen MR) is 145 cm³/mol. The van der Waals surface area contributed by atoms with Gasteiger partial charge in [-0.2, -0.15) is 9.78 Å². The van der Waals surface area contributed by atoms with Crippen molar-refractivity contribution in [1.29, 1.82) is 0 Å². The maximum absolute atomic E-state index is 13.6. The second-order valence-corrected chi connectivity index (χ2v) is 9.48. The third kappa shape index (κ3) is 4.53. The summed E-state index contributed by atoms with van der Waals surface area (Å²) in [4.78, 5) is 20.7. The average molecular weight is 485 g/mol. The Kier molecular flexibility index (Phi) is 6.63. The summed E-state index contributed by atoms with van der Waals surface area (Å²) in [6.45, 7) is 10.8. The Labute approximate surface area is 211 Å². The van der Waals surface area contributed by atoms with Gasteiger partial charge in [0.1, 0.15) is 11.5 Å². The fourth-order valence-corrected chi connectivity index (χ4v) is 4.71. The zero-order valence-electron chi connectivity index (χ0n) is 21.3. The van der Waals surface area contributed by atoms with Gasteiger partial charge in [0.05, 0.1) is 23.7 Å². The normalized spacial score (nSPS) is 14.0. The summed E-state index contributed by atoms with van der Waals surface area (Å²) in [5, 5.41) is 5.11. The van der Waals surface area contributed by atoms with Gasteiger partial charge in [-0.15, -0.1) is 0 Å². The van der Waals surface area contributed by atoms with E-state index in [1.807, 2.05) is 50.2 Å². The first-order valence-corrected chi connectivity index (χ1v) is 12.6. The van der Waals surface area contributed by atoms with Crippen LogP contribution in [0.1, 0.15) is 56.4 Å². The number of para-hydroxylation sites is 1. The van der Waals surface area contributed by atoms with Crippen molar-refractivity contribution in [3.63, 3.8) is 0 Å². The number of anilines is 1. The summed E-state index contributed by atoms with van der Waals surface area (Å²) < 4.78 is 13.3. The molecule has 4 aromatic rings. The van der Waals surface area contributed by atoms with Crippen LogP contribution in [0.3, 0.4) is 0 Å². The van der Waals surface area contributed by atoms with Gasteiger partial charge in [0.25, 0.3) is 5.56 Å². The summed E-state index contributed by atoms with van der Waals surface area (Å²) in [6, 6.07) is 15.3. The molecule has 0 amide bonds. The van der Waals surface area contributed by atoms with Gasteiger partial charge in [-0.1, -0.05) is 26.0 Å². The lowest BCUT2D eigenvalue weighted by molar-refractivity contribution is 0.335. The van der Waals surface area contributed by atoms with Crippen molar-refractivity contribution in [3.8, 4) is 17.1 Å². The Hall–Kier alpha value is -3.87. The van der Waals surface area contributed by atoms with Gasteiger partial charge in [0.2, 0.25) is 0 Å². The molecule has 2 aromatic heterocycles. The summed E-state index contributed by atoms with van der Waals surface area (Å²) >= 11 is 0. The van der Waals surface area contributed by atoms with E-state index in [9.17, 15) is 4.79 Å². The van der Waals surface area contributed by atoms with E-state index in [4.69, 9.17) is 14.1 Å². The molecular weight excluding hydrogens is 452 g/mol. The van der Waals surface area contributed by atoms with E-state index in [1.54, 1.807) is 12.3 Å². The summed E-state index contributed by atoms with van der Waals surface area (Å²) in [6.07, 6.45) is 3.94. The number of nitrogens with zero attached hydrogens (tertiary/aromatic N) is 4. The lowest BCUT2D eigenvalue weighted by atomic mass is 9.96. The van der Waals surface area contributed by atoms with Crippen LogP contribution in [0.4, 0.5) is 5.88 Å².